The molecule has 66 heavy (non-hydrogen) atoms. The average Bonchev–Trinajstić information content (AvgIpc) is 3.77. The van der Waals surface area contributed by atoms with Gasteiger partial charge >= 0.3 is 27.0 Å². The number of nitrogens with one attached hydrogen (secondary N) is 2. The topological polar surface area (TPSA) is 399 Å². The summed E-state index contributed by atoms with van der Waals surface area (Å²) in [7, 11) is -8.17. The van der Waals surface area contributed by atoms with Crippen LogP contribution in [0.15, 0.2) is 59.6 Å². The number of hydrogen-bond donors (Lipinski definition) is 10. The van der Waals surface area contributed by atoms with Crippen molar-refractivity contribution in [3.05, 3.63) is 93.0 Å². The number of aliphatic hydroxyl groups is 4. The summed E-state index contributed by atoms with van der Waals surface area (Å²) >= 11 is 8.91. The lowest BCUT2D eigenvalue weighted by Gasteiger charge is -2.35. The zero-order valence-corrected chi connectivity index (χ0v) is 40.1. The maximum atomic E-state index is 12.4. The van der Waals surface area contributed by atoms with E-state index in [0.29, 0.717) is 15.7 Å². The maximum absolute atomic E-state index is 12.4. The van der Waals surface area contributed by atoms with E-state index in [-0.39, 0.29) is 63.7 Å². The Hall–Kier alpha value is -3.46. The Labute approximate surface area is 401 Å². The molecule has 25 nitrogen and oxygen atoms in total. The molecule has 3 aliphatic rings. The van der Waals surface area contributed by atoms with Crippen LogP contribution < -0.4 is 33.2 Å². The van der Waals surface area contributed by atoms with Gasteiger partial charge in [0.2, 0.25) is 0 Å². The molecular formula is C36H53IN6O19P2S2. The van der Waals surface area contributed by atoms with E-state index in [1.807, 2.05) is 32.0 Å². The summed E-state index contributed by atoms with van der Waals surface area (Å²) in [5, 5.41) is 37.3. The molecule has 7 unspecified atom stereocenters. The summed E-state index contributed by atoms with van der Waals surface area (Å²) in [6, 6.07) is 7.31. The second kappa shape index (κ2) is 28.8. The molecule has 30 heteroatoms. The Morgan fingerprint density at radius 3 is 2.00 bits per heavy atom. The number of thiol groups is 1. The van der Waals surface area contributed by atoms with Crippen molar-refractivity contribution < 1.29 is 72.4 Å². The summed E-state index contributed by atoms with van der Waals surface area (Å²) in [5.74, 6) is 7.90. The van der Waals surface area contributed by atoms with Crippen LogP contribution in [-0.2, 0) is 50.2 Å². The molecule has 0 bridgehead atoms. The minimum Gasteiger partial charge on any atom is -0.412 e. The number of terminal acetylenes is 1. The highest BCUT2D eigenvalue weighted by atomic mass is 127. The smallest absolute Gasteiger partial charge is 0.412 e. The average molecular weight is 1130 g/mol. The lowest BCUT2D eigenvalue weighted by atomic mass is 9.98. The highest BCUT2D eigenvalue weighted by Crippen LogP contribution is 2.60. The van der Waals surface area contributed by atoms with Crippen molar-refractivity contribution in [1.82, 2.24) is 25.3 Å². The SMILES string of the molecule is C.C#CCCOP1(=O)Oc2ccccc2C(C)(C)O1.N.O.O=c1[nH]c(=O)n(C2CC(O)C(CO)O2)cc1C#CCCOP(=O)(O)O.O=c1[nH]c(=O)n(C2CC(O)C(CO)O2)cc1I.S=NS. The van der Waals surface area contributed by atoms with Crippen LogP contribution in [0.25, 0.3) is 0 Å². The third-order valence-corrected chi connectivity index (χ3v) is 11.5. The van der Waals surface area contributed by atoms with Crippen LogP contribution in [0.2, 0.25) is 0 Å². The van der Waals surface area contributed by atoms with Gasteiger partial charge in [0.05, 0.1) is 42.2 Å². The van der Waals surface area contributed by atoms with E-state index in [2.05, 4.69) is 61.3 Å². The van der Waals surface area contributed by atoms with Crippen molar-refractivity contribution >= 4 is 63.5 Å². The molecule has 0 spiro atoms. The van der Waals surface area contributed by atoms with E-state index in [1.54, 1.807) is 28.7 Å². The molecule has 5 heterocycles. The van der Waals surface area contributed by atoms with Crippen molar-refractivity contribution in [1.29, 1.82) is 0 Å². The number of halogens is 1. The van der Waals surface area contributed by atoms with Crippen molar-refractivity contribution in [2.45, 2.75) is 89.4 Å². The zero-order valence-electron chi connectivity index (χ0n) is 34.4. The van der Waals surface area contributed by atoms with E-state index >= 15 is 0 Å². The summed E-state index contributed by atoms with van der Waals surface area (Å²) in [6.45, 7) is 2.74. The molecular weight excluding hydrogens is 1070 g/mol. The molecule has 370 valence electrons. The van der Waals surface area contributed by atoms with E-state index in [0.717, 1.165) is 16.3 Å². The number of benzene rings is 1. The number of aromatic nitrogens is 4. The molecule has 13 N–H and O–H groups in total. The van der Waals surface area contributed by atoms with E-state index in [1.165, 1.54) is 10.8 Å². The summed E-state index contributed by atoms with van der Waals surface area (Å²) in [4.78, 5) is 67.7. The van der Waals surface area contributed by atoms with Crippen LogP contribution in [0.3, 0.4) is 0 Å². The number of fused-ring (bicyclic) bond motifs is 1. The number of nitrogens with zero attached hydrogens (tertiary/aromatic N) is 3. The van der Waals surface area contributed by atoms with Gasteiger partial charge in [-0.15, -0.1) is 12.3 Å². The van der Waals surface area contributed by atoms with Crippen LogP contribution in [0.4, 0.5) is 0 Å². The van der Waals surface area contributed by atoms with Gasteiger partial charge in [-0.2, -0.15) is 3.77 Å². The highest BCUT2D eigenvalue weighted by molar-refractivity contribution is 14.1. The molecule has 2 aromatic heterocycles. The molecule has 7 atom stereocenters. The van der Waals surface area contributed by atoms with Gasteiger partial charge in [-0.25, -0.2) is 18.7 Å². The minimum atomic E-state index is -4.57. The first-order chi connectivity index (χ1) is 29.6. The fourth-order valence-electron chi connectivity index (χ4n) is 5.72. The number of aliphatic hydroxyl groups excluding tert-OH is 4. The Kier molecular flexibility index (Phi) is 27.3. The highest BCUT2D eigenvalue weighted by Gasteiger charge is 2.44. The molecule has 0 aliphatic carbocycles. The zero-order chi connectivity index (χ0) is 47.1. The quantitative estimate of drug-likeness (QED) is 0.0442. The number of H-pyrrole nitrogens is 2. The number of para-hydroxylation sites is 1. The van der Waals surface area contributed by atoms with Gasteiger partial charge in [0.15, 0.2) is 0 Å². The van der Waals surface area contributed by atoms with Crippen LogP contribution in [0.1, 0.15) is 70.5 Å². The molecule has 3 aromatic rings. The van der Waals surface area contributed by atoms with Crippen molar-refractivity contribution in [2.24, 2.45) is 3.77 Å². The molecule has 1 aromatic carbocycles. The molecule has 6 rings (SSSR count). The van der Waals surface area contributed by atoms with Gasteiger partial charge < -0.3 is 55.8 Å². The minimum absolute atomic E-state index is 0. The predicted octanol–water partition coefficient (Wildman–Crippen LogP) is 0.824. The van der Waals surface area contributed by atoms with Crippen molar-refractivity contribution in [2.75, 3.05) is 26.4 Å². The lowest BCUT2D eigenvalue weighted by Crippen LogP contribution is -2.33. The second-order valence-electron chi connectivity index (χ2n) is 13.5. The van der Waals surface area contributed by atoms with Crippen LogP contribution in [0, 0.1) is 27.8 Å². The number of hydrogen-bond acceptors (Lipinski definition) is 19. The first-order valence-electron chi connectivity index (χ1n) is 18.2. The summed E-state index contributed by atoms with van der Waals surface area (Å²) < 4.78 is 59.1. The number of rotatable bonds is 10. The van der Waals surface area contributed by atoms with E-state index in [4.69, 9.17) is 49.5 Å². The van der Waals surface area contributed by atoms with Gasteiger partial charge in [-0.3, -0.25) is 42.3 Å². The monoisotopic (exact) mass is 1130 g/mol. The molecule has 0 amide bonds. The van der Waals surface area contributed by atoms with Crippen molar-refractivity contribution in [3.8, 4) is 29.9 Å². The number of ether oxygens (including phenoxy) is 2. The van der Waals surface area contributed by atoms with Gasteiger partial charge in [-0.1, -0.05) is 37.5 Å². The third kappa shape index (κ3) is 18.6. The van der Waals surface area contributed by atoms with Crippen molar-refractivity contribution in [3.63, 3.8) is 0 Å². The maximum Gasteiger partial charge on any atom is 0.530 e. The molecule has 0 radical (unpaired) electrons. The van der Waals surface area contributed by atoms with E-state index < -0.39 is 87.2 Å². The predicted molar refractivity (Wildman–Crippen MR) is 250 cm³/mol. The Bertz CT molecular complexity index is 2480. The van der Waals surface area contributed by atoms with E-state index in [9.17, 15) is 38.5 Å². The molecule has 0 saturated carbocycles. The van der Waals surface area contributed by atoms with Gasteiger partial charge in [-0.05, 0) is 55.3 Å². The van der Waals surface area contributed by atoms with Crippen LogP contribution >= 0.6 is 51.1 Å². The van der Waals surface area contributed by atoms with Gasteiger partial charge in [0.1, 0.15) is 41.6 Å². The van der Waals surface area contributed by atoms with Gasteiger partial charge in [0.25, 0.3) is 11.1 Å². The normalized spacial score (nSPS) is 23.1. The number of phosphoric acid groups is 2. The largest absolute Gasteiger partial charge is 0.530 e. The summed E-state index contributed by atoms with van der Waals surface area (Å²) in [6.07, 6.45) is 3.39. The Balaban J connectivity index is 0.000000929. The van der Waals surface area contributed by atoms with Crippen LogP contribution in [0.5, 0.6) is 5.75 Å². The first kappa shape index (κ1) is 62.5. The summed E-state index contributed by atoms with van der Waals surface area (Å²) in [5.41, 5.74) is -2.48. The Morgan fingerprint density at radius 1 is 0.985 bits per heavy atom. The Morgan fingerprint density at radius 2 is 1.50 bits per heavy atom. The first-order valence-corrected chi connectivity index (χ1v) is 23.0. The molecule has 3 aliphatic heterocycles. The lowest BCUT2D eigenvalue weighted by molar-refractivity contribution is -0.0459. The number of phosphoric ester groups is 2. The fourth-order valence-corrected chi connectivity index (χ4v) is 8.00. The van der Waals surface area contributed by atoms with Crippen LogP contribution in [-0.4, -0.2) is 106 Å². The fraction of sp³-hybridized carbons (Fsp3) is 0.500. The van der Waals surface area contributed by atoms with Gasteiger partial charge in [0, 0.05) is 56.1 Å². The second-order valence-corrected chi connectivity index (χ2v) is 18.0. The number of aromatic amines is 2. The molecule has 2 fully saturated rings. The third-order valence-electron chi connectivity index (χ3n) is 8.57. The molecule has 2 saturated heterocycles. The standard InChI is InChI=1S/C13H17N2O9P.C13H15O4P.C9H11IN2O5.CH4.HNS2.H3N.H2O/c16-7-10-9(17)5-11(24-10)15-6-8(12(18)14-13(15)19)3-1-2-4-23-25(20,21)22;1-4-5-10-15-18(14)16-12-9-7-6-8-11(12)13(2,3)17-18;10-4-2-12(9(16)11-8(4)15)7-1-5(14)6(3-13)17-7;;2-1-3;;/h6,9-11,16-17H,2,4-5,7H2,(H,14,18,19)(H2,20,21,22);1,6-9H,5,10H2,2-3H3;2,5-7,13-14H,1,3H2,(H,11,15,16);1H4;(H,2,3);1H3;1H2.